The number of nitrogens with zero attached hydrogens (tertiary/aromatic N) is 2. The van der Waals surface area contributed by atoms with Crippen LogP contribution < -0.4 is 5.32 Å². The Bertz CT molecular complexity index is 1600. The van der Waals surface area contributed by atoms with Crippen LogP contribution in [0.3, 0.4) is 0 Å². The number of nitrogens with one attached hydrogen (secondary N) is 1. The highest BCUT2D eigenvalue weighted by Gasteiger charge is 2.42. The topological polar surface area (TPSA) is 82.0 Å². The lowest BCUT2D eigenvalue weighted by atomic mass is 9.95. The fraction of sp³-hybridized carbons (Fsp3) is 0.265. The van der Waals surface area contributed by atoms with Crippen LogP contribution in [-0.2, 0) is 9.59 Å². The molecule has 1 fully saturated rings. The van der Waals surface area contributed by atoms with Gasteiger partial charge in [0.2, 0.25) is 5.91 Å². The van der Waals surface area contributed by atoms with Gasteiger partial charge in [-0.15, -0.1) is 0 Å². The van der Waals surface area contributed by atoms with Gasteiger partial charge in [0.15, 0.2) is 0 Å². The average molecular weight is 568 g/mol. The van der Waals surface area contributed by atoms with E-state index in [0.29, 0.717) is 27.5 Å². The summed E-state index contributed by atoms with van der Waals surface area (Å²) in [5.74, 6) is -1.89. The van der Waals surface area contributed by atoms with Crippen molar-refractivity contribution in [3.63, 3.8) is 0 Å². The molecule has 6 nitrogen and oxygen atoms in total. The van der Waals surface area contributed by atoms with Crippen molar-refractivity contribution in [2.24, 2.45) is 4.99 Å². The molecule has 0 aromatic heterocycles. The number of carbonyl (C=O) groups is 2. The molecule has 7 heteroatoms. The molecule has 1 saturated heterocycles. The first-order valence-electron chi connectivity index (χ1n) is 14.0. The number of aliphatic imine (C=N–C) groups is 1. The Kier molecular flexibility index (Phi) is 8.52. The number of aliphatic carboxylic acids is 1. The van der Waals surface area contributed by atoms with Crippen molar-refractivity contribution in [2.45, 2.75) is 38.1 Å². The number of carboxylic acids is 1. The SMILES string of the molecule is CCN1CCC[C@]1(C)C(=O)Nc1ccc(Cl)cc1C(=NC[C@@H](C(=O)O)c1ccc2ccccc2c1)c1ccccc1. The quantitative estimate of drug-likeness (QED) is 0.213. The number of carbonyl (C=O) groups excluding carboxylic acids is 1. The molecule has 0 aliphatic carbocycles. The van der Waals surface area contributed by atoms with Crippen LogP contribution in [0.25, 0.3) is 10.8 Å². The standard InChI is InChI=1S/C34H34ClN3O3/c1-3-38-19-9-18-34(38,2)33(41)37-30-17-16-27(35)21-28(30)31(24-11-5-4-6-12-24)36-22-29(32(39)40)26-15-14-23-10-7-8-13-25(23)20-26/h4-8,10-17,20-21,29H,3,9,18-19,22H2,1-2H3,(H,37,41)(H,39,40)/t29-,34-/m1/s1. The maximum Gasteiger partial charge on any atom is 0.312 e. The number of hydrogen-bond donors (Lipinski definition) is 2. The summed E-state index contributed by atoms with van der Waals surface area (Å²) in [4.78, 5) is 33.2. The molecule has 210 valence electrons. The first kappa shape index (κ1) is 28.5. The molecule has 1 aliphatic rings. The van der Waals surface area contributed by atoms with Gasteiger partial charge in [-0.2, -0.15) is 0 Å². The number of carboxylic acid groups (broad SMARTS) is 1. The normalized spacial score (nSPS) is 18.4. The Morgan fingerprint density at radius 2 is 1.73 bits per heavy atom. The highest BCUT2D eigenvalue weighted by Crippen LogP contribution is 2.32. The van der Waals surface area contributed by atoms with Crippen LogP contribution in [0.4, 0.5) is 5.69 Å². The zero-order valence-corrected chi connectivity index (χ0v) is 24.1. The van der Waals surface area contributed by atoms with E-state index < -0.39 is 17.4 Å². The van der Waals surface area contributed by atoms with Crippen molar-refractivity contribution in [2.75, 3.05) is 25.0 Å². The lowest BCUT2D eigenvalue weighted by Gasteiger charge is -2.33. The zero-order valence-electron chi connectivity index (χ0n) is 23.3. The smallest absolute Gasteiger partial charge is 0.312 e. The molecule has 2 atom stereocenters. The summed E-state index contributed by atoms with van der Waals surface area (Å²) in [6.45, 7) is 5.75. The van der Waals surface area contributed by atoms with Crippen molar-refractivity contribution >= 4 is 45.6 Å². The number of likely N-dealkylation sites (N-methyl/N-ethyl adjacent to an activating group) is 1. The summed E-state index contributed by atoms with van der Waals surface area (Å²) in [5, 5.41) is 15.9. The second kappa shape index (κ2) is 12.2. The van der Waals surface area contributed by atoms with Gasteiger partial charge >= 0.3 is 5.97 Å². The first-order valence-corrected chi connectivity index (χ1v) is 14.4. The van der Waals surface area contributed by atoms with Crippen LogP contribution >= 0.6 is 11.6 Å². The Hall–Kier alpha value is -4.00. The minimum Gasteiger partial charge on any atom is -0.481 e. The van der Waals surface area contributed by atoms with E-state index in [-0.39, 0.29) is 12.5 Å². The predicted molar refractivity (Wildman–Crippen MR) is 166 cm³/mol. The maximum atomic E-state index is 13.6. The predicted octanol–water partition coefficient (Wildman–Crippen LogP) is 7.01. The number of likely N-dealkylation sites (tertiary alicyclic amines) is 1. The molecule has 0 spiro atoms. The number of rotatable bonds is 9. The molecule has 5 rings (SSSR count). The van der Waals surface area contributed by atoms with E-state index >= 15 is 0 Å². The fourth-order valence-electron chi connectivity index (χ4n) is 5.72. The van der Waals surface area contributed by atoms with Crippen LogP contribution in [0.5, 0.6) is 0 Å². The van der Waals surface area contributed by atoms with Crippen molar-refractivity contribution in [3.8, 4) is 0 Å². The summed E-state index contributed by atoms with van der Waals surface area (Å²) in [6, 6.07) is 28.5. The minimum atomic E-state index is -0.954. The van der Waals surface area contributed by atoms with Crippen molar-refractivity contribution in [3.05, 3.63) is 113 Å². The Morgan fingerprint density at radius 3 is 2.46 bits per heavy atom. The van der Waals surface area contributed by atoms with Gasteiger partial charge in [-0.1, -0.05) is 91.3 Å². The number of halogens is 1. The molecule has 2 N–H and O–H groups in total. The van der Waals surface area contributed by atoms with E-state index in [1.54, 1.807) is 18.2 Å². The number of anilines is 1. The first-order chi connectivity index (χ1) is 19.8. The molecule has 4 aromatic carbocycles. The van der Waals surface area contributed by atoms with Crippen LogP contribution in [-0.4, -0.2) is 52.8 Å². The summed E-state index contributed by atoms with van der Waals surface area (Å²) in [5.41, 5.74) is 2.67. The van der Waals surface area contributed by atoms with E-state index in [0.717, 1.165) is 42.3 Å². The molecular formula is C34H34ClN3O3. The Morgan fingerprint density at radius 1 is 1.00 bits per heavy atom. The number of amides is 1. The van der Waals surface area contributed by atoms with E-state index in [1.807, 2.05) is 79.7 Å². The number of benzene rings is 4. The van der Waals surface area contributed by atoms with Crippen LogP contribution in [0.15, 0.2) is 96.0 Å². The molecule has 0 unspecified atom stereocenters. The second-order valence-electron chi connectivity index (χ2n) is 10.7. The molecule has 0 radical (unpaired) electrons. The van der Waals surface area contributed by atoms with Gasteiger partial charge in [0.25, 0.3) is 0 Å². The van der Waals surface area contributed by atoms with Crippen molar-refractivity contribution in [1.82, 2.24) is 4.90 Å². The third-order valence-corrected chi connectivity index (χ3v) is 8.33. The molecule has 1 heterocycles. The Balaban J connectivity index is 1.55. The van der Waals surface area contributed by atoms with Crippen molar-refractivity contribution in [1.29, 1.82) is 0 Å². The summed E-state index contributed by atoms with van der Waals surface area (Å²) >= 11 is 6.48. The zero-order chi connectivity index (χ0) is 29.0. The third-order valence-electron chi connectivity index (χ3n) is 8.10. The van der Waals surface area contributed by atoms with Gasteiger partial charge in [-0.05, 0) is 67.4 Å². The monoisotopic (exact) mass is 567 g/mol. The summed E-state index contributed by atoms with van der Waals surface area (Å²) in [6.07, 6.45) is 1.74. The second-order valence-corrected chi connectivity index (χ2v) is 11.1. The molecule has 1 aliphatic heterocycles. The van der Waals surface area contributed by atoms with Gasteiger partial charge in [-0.25, -0.2) is 0 Å². The van der Waals surface area contributed by atoms with E-state index in [9.17, 15) is 14.7 Å². The largest absolute Gasteiger partial charge is 0.481 e. The fourth-order valence-corrected chi connectivity index (χ4v) is 5.89. The Labute approximate surface area is 245 Å². The lowest BCUT2D eigenvalue weighted by Crippen LogP contribution is -2.50. The summed E-state index contributed by atoms with van der Waals surface area (Å²) < 4.78 is 0. The minimum absolute atomic E-state index is 0.0130. The van der Waals surface area contributed by atoms with Gasteiger partial charge in [-0.3, -0.25) is 19.5 Å². The highest BCUT2D eigenvalue weighted by molar-refractivity contribution is 6.31. The van der Waals surface area contributed by atoms with Crippen LogP contribution in [0.2, 0.25) is 5.02 Å². The number of fused-ring (bicyclic) bond motifs is 1. The molecular weight excluding hydrogens is 534 g/mol. The van der Waals surface area contributed by atoms with Crippen LogP contribution in [0, 0.1) is 0 Å². The van der Waals surface area contributed by atoms with Gasteiger partial charge in [0.1, 0.15) is 5.92 Å². The molecule has 1 amide bonds. The van der Waals surface area contributed by atoms with Crippen molar-refractivity contribution < 1.29 is 14.7 Å². The molecule has 4 aromatic rings. The van der Waals surface area contributed by atoms with Gasteiger partial charge in [0, 0.05) is 16.1 Å². The van der Waals surface area contributed by atoms with E-state index in [1.165, 1.54) is 0 Å². The number of hydrogen-bond acceptors (Lipinski definition) is 4. The third kappa shape index (κ3) is 6.04. The van der Waals surface area contributed by atoms with Gasteiger partial charge in [0.05, 0.1) is 23.5 Å². The molecule has 0 bridgehead atoms. The lowest BCUT2D eigenvalue weighted by molar-refractivity contribution is -0.138. The van der Waals surface area contributed by atoms with Gasteiger partial charge < -0.3 is 10.4 Å². The molecule has 41 heavy (non-hydrogen) atoms. The van der Waals surface area contributed by atoms with Crippen LogP contribution in [0.1, 0.15) is 49.3 Å². The average Bonchev–Trinajstić information content (AvgIpc) is 3.38. The molecule has 0 saturated carbocycles. The van der Waals surface area contributed by atoms with E-state index in [2.05, 4.69) is 17.1 Å². The highest BCUT2D eigenvalue weighted by atomic mass is 35.5. The van der Waals surface area contributed by atoms with E-state index in [4.69, 9.17) is 16.6 Å². The summed E-state index contributed by atoms with van der Waals surface area (Å²) in [7, 11) is 0. The maximum absolute atomic E-state index is 13.6.